The van der Waals surface area contributed by atoms with Gasteiger partial charge in [0.25, 0.3) is 0 Å². The molecule has 0 bridgehead atoms. The number of hydrogen-bond donors (Lipinski definition) is 0. The third-order valence-corrected chi connectivity index (χ3v) is 4.61. The van der Waals surface area contributed by atoms with Crippen LogP contribution >= 0.6 is 0 Å². The van der Waals surface area contributed by atoms with Crippen molar-refractivity contribution in [1.29, 1.82) is 0 Å². The van der Waals surface area contributed by atoms with Crippen molar-refractivity contribution in [3.8, 4) is 0 Å². The quantitative estimate of drug-likeness (QED) is 0.361. The minimum atomic E-state index is -0.699. The second kappa shape index (κ2) is 9.10. The summed E-state index contributed by atoms with van der Waals surface area (Å²) in [6, 6.07) is 0. The normalized spacial score (nSPS) is 12.4. The average Bonchev–Trinajstić information content (AvgIpc) is 2.45. The number of carbonyl (C=O) groups is 2. The third-order valence-electron chi connectivity index (χ3n) is 4.61. The Balaban J connectivity index is 4.47. The Hall–Kier alpha value is -1.14. The fourth-order valence-corrected chi connectivity index (χ4v) is 2.77. The minimum Gasteiger partial charge on any atom is -0.266 e. The van der Waals surface area contributed by atoms with E-state index in [2.05, 4.69) is 19.9 Å². The van der Waals surface area contributed by atoms with Gasteiger partial charge < -0.3 is 0 Å². The lowest BCUT2D eigenvalue weighted by molar-refractivity contribution is -0.602. The van der Waals surface area contributed by atoms with E-state index in [0.717, 1.165) is 0 Å². The predicted molar refractivity (Wildman–Crippen MR) is 80.9 cm³/mol. The summed E-state index contributed by atoms with van der Waals surface area (Å²) in [5.41, 5.74) is -1.00. The Bertz CT molecular complexity index is 350. The Morgan fingerprint density at radius 1 is 0.864 bits per heavy atom. The monoisotopic (exact) mass is 318 g/mol. The maximum atomic E-state index is 12.3. The standard InChI is InChI=1S/C16H30O6/c1-8-12(9-2)13(17)19-21-22-20-14(18)16(10-3,11-4)15(5,6)7/h12H,8-11H2,1-7H3. The van der Waals surface area contributed by atoms with E-state index in [1.165, 1.54) is 0 Å². The molecule has 0 atom stereocenters. The lowest BCUT2D eigenvalue weighted by atomic mass is 9.63. The molecule has 0 N–H and O–H groups in total. The highest BCUT2D eigenvalue weighted by atomic mass is 17.7. The first kappa shape index (κ1) is 20.9. The van der Waals surface area contributed by atoms with E-state index in [0.29, 0.717) is 25.7 Å². The van der Waals surface area contributed by atoms with Crippen molar-refractivity contribution in [3.05, 3.63) is 0 Å². The van der Waals surface area contributed by atoms with Crippen LogP contribution in [-0.4, -0.2) is 11.9 Å². The first-order valence-corrected chi connectivity index (χ1v) is 7.96. The Morgan fingerprint density at radius 3 is 1.68 bits per heavy atom. The number of hydrogen-bond acceptors (Lipinski definition) is 6. The van der Waals surface area contributed by atoms with E-state index >= 15 is 0 Å². The van der Waals surface area contributed by atoms with Crippen molar-refractivity contribution < 1.29 is 29.4 Å². The summed E-state index contributed by atoms with van der Waals surface area (Å²) >= 11 is 0. The molecular formula is C16H30O6. The summed E-state index contributed by atoms with van der Waals surface area (Å²) < 4.78 is 0. The third kappa shape index (κ3) is 4.95. The molecule has 0 rings (SSSR count). The van der Waals surface area contributed by atoms with Crippen LogP contribution in [0.4, 0.5) is 0 Å². The first-order chi connectivity index (χ1) is 10.2. The summed E-state index contributed by atoms with van der Waals surface area (Å²) in [6.45, 7) is 13.5. The van der Waals surface area contributed by atoms with E-state index in [1.54, 1.807) is 0 Å². The molecule has 0 aromatic heterocycles. The van der Waals surface area contributed by atoms with E-state index in [-0.39, 0.29) is 11.3 Å². The van der Waals surface area contributed by atoms with E-state index in [1.807, 2.05) is 48.5 Å². The lowest BCUT2D eigenvalue weighted by Crippen LogP contribution is -2.43. The molecule has 22 heavy (non-hydrogen) atoms. The zero-order valence-corrected chi connectivity index (χ0v) is 14.9. The molecular weight excluding hydrogens is 288 g/mol. The predicted octanol–water partition coefficient (Wildman–Crippen LogP) is 4.14. The smallest absolute Gasteiger partial charge is 0.266 e. The van der Waals surface area contributed by atoms with Crippen LogP contribution < -0.4 is 0 Å². The van der Waals surface area contributed by atoms with Crippen molar-refractivity contribution in [1.82, 2.24) is 0 Å². The summed E-state index contributed by atoms with van der Waals surface area (Å²) in [5, 5.41) is 8.57. The molecule has 0 aromatic carbocycles. The molecule has 130 valence electrons. The van der Waals surface area contributed by atoms with Crippen molar-refractivity contribution in [2.24, 2.45) is 16.7 Å². The molecule has 0 aliphatic carbocycles. The van der Waals surface area contributed by atoms with Crippen LogP contribution in [0.2, 0.25) is 0 Å². The molecule has 0 spiro atoms. The molecule has 0 radical (unpaired) electrons. The van der Waals surface area contributed by atoms with Gasteiger partial charge in [-0.3, -0.25) is 9.78 Å². The van der Waals surface area contributed by atoms with E-state index in [9.17, 15) is 9.59 Å². The van der Waals surface area contributed by atoms with Crippen molar-refractivity contribution >= 4 is 11.9 Å². The highest BCUT2D eigenvalue weighted by Crippen LogP contribution is 2.45. The summed E-state index contributed by atoms with van der Waals surface area (Å²) in [4.78, 5) is 33.0. The fraction of sp³-hybridized carbons (Fsp3) is 0.875. The topological polar surface area (TPSA) is 71.1 Å². The summed E-state index contributed by atoms with van der Waals surface area (Å²) in [6.07, 6.45) is 2.47. The van der Waals surface area contributed by atoms with Gasteiger partial charge in [-0.2, -0.15) is 0 Å². The SMILES string of the molecule is CCC(CC)C(=O)OOOOC(=O)C(CC)(CC)C(C)(C)C. The molecule has 0 saturated carbocycles. The second-order valence-electron chi connectivity index (χ2n) is 6.46. The molecule has 0 saturated heterocycles. The largest absolute Gasteiger partial charge is 0.352 e. The molecule has 6 nitrogen and oxygen atoms in total. The molecule has 0 amide bonds. The van der Waals surface area contributed by atoms with Gasteiger partial charge >= 0.3 is 11.9 Å². The van der Waals surface area contributed by atoms with Gasteiger partial charge in [0.15, 0.2) is 0 Å². The highest BCUT2D eigenvalue weighted by Gasteiger charge is 2.47. The van der Waals surface area contributed by atoms with E-state index < -0.39 is 17.4 Å². The highest BCUT2D eigenvalue weighted by molar-refractivity contribution is 5.77. The van der Waals surface area contributed by atoms with E-state index in [4.69, 9.17) is 0 Å². The van der Waals surface area contributed by atoms with Crippen molar-refractivity contribution in [2.75, 3.05) is 0 Å². The molecule has 6 heteroatoms. The Kier molecular flexibility index (Phi) is 8.63. The van der Waals surface area contributed by atoms with Gasteiger partial charge in [0.1, 0.15) is 0 Å². The Labute approximate surface area is 133 Å². The minimum absolute atomic E-state index is 0.265. The maximum absolute atomic E-state index is 12.3. The molecule has 0 heterocycles. The van der Waals surface area contributed by atoms with Gasteiger partial charge in [-0.1, -0.05) is 48.5 Å². The Morgan fingerprint density at radius 2 is 1.32 bits per heavy atom. The van der Waals surface area contributed by atoms with Gasteiger partial charge in [0.05, 0.1) is 11.3 Å². The molecule has 0 fully saturated rings. The lowest BCUT2D eigenvalue weighted by Gasteiger charge is -2.40. The zero-order valence-electron chi connectivity index (χ0n) is 14.9. The average molecular weight is 318 g/mol. The maximum Gasteiger partial charge on any atom is 0.352 e. The molecule has 0 aliphatic heterocycles. The van der Waals surface area contributed by atoms with Gasteiger partial charge in [0, 0.05) is 10.1 Å². The number of carbonyl (C=O) groups excluding carboxylic acids is 2. The second-order valence-corrected chi connectivity index (χ2v) is 6.46. The van der Waals surface area contributed by atoms with Gasteiger partial charge in [-0.05, 0) is 31.1 Å². The van der Waals surface area contributed by atoms with Gasteiger partial charge in [-0.15, -0.1) is 0 Å². The van der Waals surface area contributed by atoms with Crippen LogP contribution in [0.5, 0.6) is 0 Å². The number of rotatable bonds is 9. The molecule has 0 aliphatic rings. The first-order valence-electron chi connectivity index (χ1n) is 7.96. The summed E-state index contributed by atoms with van der Waals surface area (Å²) in [7, 11) is 0. The van der Waals surface area contributed by atoms with Crippen LogP contribution in [0.3, 0.4) is 0 Å². The van der Waals surface area contributed by atoms with Crippen LogP contribution in [0.1, 0.15) is 74.1 Å². The molecule has 0 aromatic rings. The van der Waals surface area contributed by atoms with Crippen LogP contribution in [0.25, 0.3) is 0 Å². The fourth-order valence-electron chi connectivity index (χ4n) is 2.77. The van der Waals surface area contributed by atoms with Crippen LogP contribution in [-0.2, 0) is 29.4 Å². The van der Waals surface area contributed by atoms with Crippen molar-refractivity contribution in [3.63, 3.8) is 0 Å². The van der Waals surface area contributed by atoms with Crippen molar-refractivity contribution in [2.45, 2.75) is 74.1 Å². The zero-order chi connectivity index (χ0) is 17.4. The summed E-state index contributed by atoms with van der Waals surface area (Å²) in [5.74, 6) is -1.35. The van der Waals surface area contributed by atoms with Crippen LogP contribution in [0.15, 0.2) is 0 Å². The van der Waals surface area contributed by atoms with Crippen LogP contribution in [0, 0.1) is 16.7 Å². The van der Waals surface area contributed by atoms with Gasteiger partial charge in [0.2, 0.25) is 0 Å². The molecule has 0 unspecified atom stereocenters. The van der Waals surface area contributed by atoms with Gasteiger partial charge in [-0.25, -0.2) is 9.59 Å².